The molecule has 1 saturated heterocycles. The minimum Gasteiger partial charge on any atom is -0.507 e. The number of carbonyl (C=O) groups is 3. The molecule has 87 heavy (non-hydrogen) atoms. The van der Waals surface area contributed by atoms with E-state index in [1.54, 1.807) is 64.1 Å². The number of piperazine rings is 1. The Kier molecular flexibility index (Phi) is 20.0. The smallest absolute Gasteiger partial charge is 0.340 e. The van der Waals surface area contributed by atoms with Crippen molar-refractivity contribution >= 4 is 83.0 Å². The predicted molar refractivity (Wildman–Crippen MR) is 322 cm³/mol. The number of aromatic hydroxyl groups is 1. The maximum atomic E-state index is 15.0. The van der Waals surface area contributed by atoms with Gasteiger partial charge in [0.05, 0.1) is 41.8 Å². The molecule has 9 atom stereocenters. The average molecular weight is 1250 g/mol. The van der Waals surface area contributed by atoms with E-state index in [1.165, 1.54) is 65.4 Å². The molecule has 470 valence electrons. The Morgan fingerprint density at radius 3 is 2.18 bits per heavy atom. The Bertz CT molecular complexity index is 3830. The van der Waals surface area contributed by atoms with Gasteiger partial charge in [-0.05, 0) is 57.0 Å². The SMILES string of the molecule is CO[C@H]1/C=C/O[C@@]2(C)Oc3c(C)c(O)c4c(=O)c(c5oc6cc(N7CCN(CCC(=O)c8ccc(OCCCC(P(=O)(O)O)P(=O)(O)O)cc8)CC7)cc(=O)c6nc5c4c3=C2O)NC(=O)/C(C)=C\C=C\[C@H](C)[C@H](O)[C@@H](C)[C@@H](O)[C@@H](C)[C@H](OC(C)=O)[C@@H]1C. The Labute approximate surface area is 499 Å². The van der Waals surface area contributed by atoms with Gasteiger partial charge in [0, 0.05) is 124 Å². The highest BCUT2D eigenvalue weighted by Crippen LogP contribution is 2.61. The lowest BCUT2D eigenvalue weighted by atomic mass is 9.78. The van der Waals surface area contributed by atoms with E-state index in [0.717, 1.165) is 0 Å². The number of Topliss-reactive ketones (excluding diaryl/α,β-unsaturated/α-hetero) is 1. The second kappa shape index (κ2) is 26.4. The predicted octanol–water partition coefficient (Wildman–Crippen LogP) is 5.80. The number of phenols is 1. The molecular weight excluding hydrogens is 1170 g/mol. The standard InChI is InChI=1S/C60H74N4O21P2/c1-30-12-10-13-31(2)59(73)62-50-54(71)46-45(47-56(35(6)53(46)70)85-60(8,58(47)72)82-27-20-42(80-9)32(3)55(83-36(7)65)34(5)52(69)33(4)51(30)68)49-57(50)84-43-29-38(28-41(67)48(43)61-49)64-24-22-63(23-25-64)21-19-40(66)37-15-17-39(18-16-37)81-26-11-14-44(86(74,75)76)87(77,78)79/h10,12-13,15-18,20,27-30,32-34,42,44,51-52,55,68-70,72H,11,14,19,21-26H2,1-9H3,(H,62,73)(H2,74,75,76)(H2,77,78,79)/b12-10+,27-20+,31-13-/t30-,32+,33+,34+,42-,51-,52+,55+,60-/m0/s1. The van der Waals surface area contributed by atoms with Gasteiger partial charge in [-0.15, -0.1) is 0 Å². The summed E-state index contributed by atoms with van der Waals surface area (Å²) in [4.78, 5) is 116. The number of carbonyl (C=O) groups excluding carboxylic acids is 3. The second-order valence-corrected chi connectivity index (χ2v) is 26.7. The van der Waals surface area contributed by atoms with E-state index in [4.69, 9.17) is 33.1 Å². The monoisotopic (exact) mass is 1250 g/mol. The van der Waals surface area contributed by atoms with Crippen molar-refractivity contribution < 1.29 is 91.6 Å². The van der Waals surface area contributed by atoms with Crippen molar-refractivity contribution in [3.05, 3.63) is 109 Å². The minimum absolute atomic E-state index is 0.00321. The van der Waals surface area contributed by atoms with Gasteiger partial charge >= 0.3 is 26.9 Å². The number of esters is 1. The highest BCUT2D eigenvalue weighted by molar-refractivity contribution is 7.70. The first-order chi connectivity index (χ1) is 40.9. The Morgan fingerprint density at radius 1 is 0.885 bits per heavy atom. The van der Waals surface area contributed by atoms with Gasteiger partial charge in [0.25, 0.3) is 5.91 Å². The number of ketones is 1. The number of aliphatic hydroxyl groups excluding tert-OH is 3. The highest BCUT2D eigenvalue weighted by atomic mass is 31.2. The molecule has 1 amide bonds. The number of amides is 1. The van der Waals surface area contributed by atoms with E-state index < -0.39 is 126 Å². The first kappa shape index (κ1) is 65.9. The first-order valence-electron chi connectivity index (χ1n) is 28.3. The van der Waals surface area contributed by atoms with Gasteiger partial charge in [0.1, 0.15) is 34.6 Å². The number of anilines is 2. The molecule has 3 aliphatic heterocycles. The fourth-order valence-electron chi connectivity index (χ4n) is 11.4. The molecule has 0 spiro atoms. The largest absolute Gasteiger partial charge is 0.507 e. The maximum absolute atomic E-state index is 15.0. The number of benzene rings is 4. The number of phenolic OH excluding ortho intramolecular Hbond substituents is 1. The van der Waals surface area contributed by atoms with Crippen LogP contribution in [0, 0.1) is 30.6 Å². The number of aromatic nitrogens is 1. The molecule has 5 aromatic rings. The molecule has 0 aliphatic carbocycles. The third-order valence-electron chi connectivity index (χ3n) is 16.6. The quantitative estimate of drug-likeness (QED) is 0.0158. The molecule has 8 rings (SSSR count). The summed E-state index contributed by atoms with van der Waals surface area (Å²) in [6, 6.07) is 9.18. The summed E-state index contributed by atoms with van der Waals surface area (Å²) < 4.78 is 59.3. The van der Waals surface area contributed by atoms with E-state index >= 15 is 4.79 Å². The van der Waals surface area contributed by atoms with Crippen LogP contribution in [0.3, 0.4) is 0 Å². The molecular formula is C60H74N4O21P2. The van der Waals surface area contributed by atoms with Crippen LogP contribution in [0.5, 0.6) is 17.2 Å². The fourth-order valence-corrected chi connectivity index (χ4v) is 14.0. The molecule has 27 heteroatoms. The number of methoxy groups -OCH3 is 1. The summed E-state index contributed by atoms with van der Waals surface area (Å²) in [5.74, 6) is -7.25. The normalized spacial score (nSPS) is 25.9. The molecule has 1 fully saturated rings. The lowest BCUT2D eigenvalue weighted by Crippen LogP contribution is -2.47. The number of hydrogen-bond acceptors (Lipinski definition) is 20. The van der Waals surface area contributed by atoms with E-state index in [1.807, 2.05) is 4.90 Å². The highest BCUT2D eigenvalue weighted by Gasteiger charge is 2.45. The zero-order chi connectivity index (χ0) is 63.8. The number of allylic oxidation sites excluding steroid dienone is 2. The van der Waals surface area contributed by atoms with Crippen molar-refractivity contribution in [2.75, 3.05) is 56.7 Å². The van der Waals surface area contributed by atoms with Crippen LogP contribution in [0.15, 0.2) is 86.5 Å². The minimum atomic E-state index is -5.05. The Balaban J connectivity index is 1.10. The van der Waals surface area contributed by atoms with Crippen molar-refractivity contribution in [2.45, 2.75) is 110 Å². The van der Waals surface area contributed by atoms with Crippen LogP contribution in [0.4, 0.5) is 11.4 Å². The molecule has 0 saturated carbocycles. The van der Waals surface area contributed by atoms with Crippen LogP contribution in [0.1, 0.15) is 83.7 Å². The van der Waals surface area contributed by atoms with Crippen LogP contribution >= 0.6 is 15.2 Å². The molecule has 4 aromatic carbocycles. The number of ether oxygens (including phenoxy) is 5. The third kappa shape index (κ3) is 14.0. The van der Waals surface area contributed by atoms with Crippen molar-refractivity contribution in [2.24, 2.45) is 23.7 Å². The van der Waals surface area contributed by atoms with Crippen molar-refractivity contribution in [1.29, 1.82) is 0 Å². The van der Waals surface area contributed by atoms with Crippen LogP contribution < -0.4 is 35.8 Å². The van der Waals surface area contributed by atoms with E-state index in [9.17, 15) is 68.3 Å². The number of rotatable bonds is 14. The van der Waals surface area contributed by atoms with Gasteiger partial charge in [-0.3, -0.25) is 38.0 Å². The zero-order valence-corrected chi connectivity index (χ0v) is 51.3. The number of nitrogens with zero attached hydrogens (tertiary/aromatic N) is 3. The number of aliphatic hydroxyl groups is 3. The van der Waals surface area contributed by atoms with Crippen LogP contribution in [-0.4, -0.2) is 150 Å². The lowest BCUT2D eigenvalue weighted by molar-refractivity contribution is -0.160. The van der Waals surface area contributed by atoms with Gasteiger partial charge in [-0.25, -0.2) is 4.98 Å². The Morgan fingerprint density at radius 2 is 1.55 bits per heavy atom. The number of fused-ring (bicyclic) bond motifs is 2. The topological polar surface area (TPSA) is 372 Å². The van der Waals surface area contributed by atoms with E-state index in [2.05, 4.69) is 10.2 Å². The van der Waals surface area contributed by atoms with Crippen molar-refractivity contribution in [1.82, 2.24) is 9.88 Å². The van der Waals surface area contributed by atoms with Gasteiger partial charge in [-0.2, -0.15) is 0 Å². The molecule has 4 heterocycles. The second-order valence-electron chi connectivity index (χ2n) is 22.7. The molecule has 9 N–H and O–H groups in total. The molecule has 0 unspecified atom stereocenters. The average Bonchev–Trinajstić information content (AvgIpc) is 1.68. The lowest BCUT2D eigenvalue weighted by Gasteiger charge is -2.38. The third-order valence-corrected chi connectivity index (χ3v) is 20.5. The summed E-state index contributed by atoms with van der Waals surface area (Å²) in [6.07, 6.45) is 2.86. The van der Waals surface area contributed by atoms with Gasteiger partial charge in [-0.1, -0.05) is 45.9 Å². The molecule has 25 nitrogen and oxygen atoms in total. The summed E-state index contributed by atoms with van der Waals surface area (Å²) >= 11 is 0. The van der Waals surface area contributed by atoms with Crippen molar-refractivity contribution in [3.8, 4) is 17.2 Å². The number of nitrogens with one attached hydrogen (secondary N) is 1. The number of hydrogen-bond donors (Lipinski definition) is 9. The maximum Gasteiger partial charge on any atom is 0.340 e. The molecule has 1 aromatic heterocycles. The zero-order valence-electron chi connectivity index (χ0n) is 49.5. The van der Waals surface area contributed by atoms with Crippen LogP contribution in [0.2, 0.25) is 0 Å². The summed E-state index contributed by atoms with van der Waals surface area (Å²) in [5, 5.41) is 47.3. The van der Waals surface area contributed by atoms with Gasteiger partial charge < -0.3 is 78.3 Å². The molecule has 0 radical (unpaired) electrons. The van der Waals surface area contributed by atoms with E-state index in [0.29, 0.717) is 49.7 Å². The van der Waals surface area contributed by atoms with Crippen LogP contribution in [-0.2, 0) is 32.9 Å². The van der Waals surface area contributed by atoms with Crippen molar-refractivity contribution in [3.63, 3.8) is 0 Å². The summed E-state index contributed by atoms with van der Waals surface area (Å²) in [5.41, 5.74) is -1.85. The summed E-state index contributed by atoms with van der Waals surface area (Å²) in [7, 11) is -8.68. The van der Waals surface area contributed by atoms with Crippen LogP contribution in [0.25, 0.3) is 38.7 Å². The first-order valence-corrected chi connectivity index (χ1v) is 31.7. The van der Waals surface area contributed by atoms with E-state index in [-0.39, 0.29) is 74.9 Å². The summed E-state index contributed by atoms with van der Waals surface area (Å²) in [6.45, 7) is 14.5. The van der Waals surface area contributed by atoms with Gasteiger partial charge in [0.2, 0.25) is 10.9 Å². The molecule has 4 bridgehead atoms. The Hall–Kier alpha value is -7.02. The fraction of sp³-hybridized carbons (Fsp3) is 0.467. The molecule has 3 aliphatic rings. The van der Waals surface area contributed by atoms with Gasteiger partial charge in [0.15, 0.2) is 33.6 Å².